The van der Waals surface area contributed by atoms with Gasteiger partial charge in [-0.3, -0.25) is 14.5 Å². The third-order valence-electron chi connectivity index (χ3n) is 4.06. The molecule has 0 atom stereocenters. The lowest BCUT2D eigenvalue weighted by atomic mass is 10.1. The Labute approximate surface area is 152 Å². The van der Waals surface area contributed by atoms with Crippen LogP contribution in [0.5, 0.6) is 0 Å². The van der Waals surface area contributed by atoms with Crippen molar-refractivity contribution < 1.29 is 4.92 Å². The van der Waals surface area contributed by atoms with Crippen LogP contribution in [-0.2, 0) is 0 Å². The van der Waals surface area contributed by atoms with Crippen LogP contribution in [0.1, 0.15) is 11.1 Å². The van der Waals surface area contributed by atoms with Crippen molar-refractivity contribution in [2.45, 2.75) is 17.0 Å². The maximum atomic E-state index is 11.3. The average molecular weight is 361 g/mol. The lowest BCUT2D eigenvalue weighted by Crippen LogP contribution is -1.95. The topological polar surface area (TPSA) is 97.1 Å². The number of nitro groups is 1. The molecule has 2 heterocycles. The SMILES string of the molecule is Cc1cc2nnc(Sc3cc(C#N)ccc3[N+](=O)[O-])n2c2ccccc12. The molecule has 0 bridgehead atoms. The molecule has 0 spiro atoms. The van der Waals surface area contributed by atoms with Crippen LogP contribution in [0, 0.1) is 28.4 Å². The molecule has 0 aliphatic heterocycles. The molecule has 0 aliphatic rings. The Kier molecular flexibility index (Phi) is 3.78. The largest absolute Gasteiger partial charge is 0.283 e. The van der Waals surface area contributed by atoms with Gasteiger partial charge in [-0.25, -0.2) is 0 Å². The molecular weight excluding hydrogens is 350 g/mol. The number of aromatic nitrogens is 3. The summed E-state index contributed by atoms with van der Waals surface area (Å²) >= 11 is 1.13. The smallest absolute Gasteiger partial charge is 0.270 e. The molecule has 0 aliphatic carbocycles. The van der Waals surface area contributed by atoms with Gasteiger partial charge < -0.3 is 0 Å². The zero-order valence-corrected chi connectivity index (χ0v) is 14.4. The first-order valence-electron chi connectivity index (χ1n) is 7.68. The standard InChI is InChI=1S/C18H11N5O2S/c1-11-8-17-20-21-18(22(17)14-5-3-2-4-13(11)14)26-16-9-12(10-19)6-7-15(16)23(24)25/h2-9H,1H3. The second-order valence-corrected chi connectivity index (χ2v) is 6.68. The molecule has 2 aromatic carbocycles. The molecule has 0 saturated heterocycles. The fraction of sp³-hybridized carbons (Fsp3) is 0.0556. The fourth-order valence-corrected chi connectivity index (χ4v) is 3.85. The van der Waals surface area contributed by atoms with Crippen molar-refractivity contribution >= 4 is 34.0 Å². The number of nitriles is 1. The van der Waals surface area contributed by atoms with Crippen molar-refractivity contribution in [3.8, 4) is 6.07 Å². The van der Waals surface area contributed by atoms with Crippen LogP contribution in [-0.4, -0.2) is 19.5 Å². The van der Waals surface area contributed by atoms with Crippen LogP contribution in [0.15, 0.2) is 58.6 Å². The summed E-state index contributed by atoms with van der Waals surface area (Å²) in [6.45, 7) is 2.01. The van der Waals surface area contributed by atoms with Gasteiger partial charge in [-0.2, -0.15) is 5.26 Å². The molecule has 0 fully saturated rings. The summed E-state index contributed by atoms with van der Waals surface area (Å²) in [7, 11) is 0. The number of para-hydroxylation sites is 1. The number of aryl methyl sites for hydroxylation is 1. The minimum atomic E-state index is -0.463. The van der Waals surface area contributed by atoms with Gasteiger partial charge in [0.05, 0.1) is 27.0 Å². The van der Waals surface area contributed by atoms with E-state index in [0.717, 1.165) is 28.2 Å². The molecular formula is C18H11N5O2S. The van der Waals surface area contributed by atoms with Crippen LogP contribution in [0.3, 0.4) is 0 Å². The highest BCUT2D eigenvalue weighted by Crippen LogP contribution is 2.36. The van der Waals surface area contributed by atoms with Gasteiger partial charge in [0.2, 0.25) is 5.16 Å². The Bertz CT molecular complexity index is 1230. The second-order valence-electron chi connectivity index (χ2n) is 5.67. The van der Waals surface area contributed by atoms with Gasteiger partial charge in [-0.05, 0) is 48.5 Å². The first-order chi connectivity index (χ1) is 12.6. The third-order valence-corrected chi connectivity index (χ3v) is 5.05. The average Bonchev–Trinajstić information content (AvgIpc) is 3.04. The van der Waals surface area contributed by atoms with E-state index in [4.69, 9.17) is 5.26 Å². The second kappa shape index (κ2) is 6.13. The van der Waals surface area contributed by atoms with Crippen LogP contribution in [0.4, 0.5) is 5.69 Å². The summed E-state index contributed by atoms with van der Waals surface area (Å²) in [6, 6.07) is 16.1. The van der Waals surface area contributed by atoms with E-state index in [-0.39, 0.29) is 5.69 Å². The predicted octanol–water partition coefficient (Wildman–Crippen LogP) is 4.12. The summed E-state index contributed by atoms with van der Waals surface area (Å²) < 4.78 is 1.87. The van der Waals surface area contributed by atoms with E-state index in [9.17, 15) is 10.1 Å². The van der Waals surface area contributed by atoms with E-state index in [0.29, 0.717) is 21.3 Å². The Morgan fingerprint density at radius 3 is 2.77 bits per heavy atom. The summed E-state index contributed by atoms with van der Waals surface area (Å²) in [5.41, 5.74) is 2.96. The molecule has 26 heavy (non-hydrogen) atoms. The van der Waals surface area contributed by atoms with E-state index >= 15 is 0 Å². The molecule has 126 valence electrons. The highest BCUT2D eigenvalue weighted by Gasteiger charge is 2.19. The molecule has 0 amide bonds. The number of fused-ring (bicyclic) bond motifs is 3. The lowest BCUT2D eigenvalue weighted by molar-refractivity contribution is -0.387. The number of pyridine rings is 1. The maximum absolute atomic E-state index is 11.3. The van der Waals surface area contributed by atoms with E-state index in [1.54, 1.807) is 0 Å². The summed E-state index contributed by atoms with van der Waals surface area (Å²) in [5, 5.41) is 30.4. The number of hydrogen-bond acceptors (Lipinski definition) is 6. The molecule has 0 N–H and O–H groups in total. The van der Waals surface area contributed by atoms with Gasteiger partial charge in [0.15, 0.2) is 5.65 Å². The Hall–Kier alpha value is -3.44. The van der Waals surface area contributed by atoms with E-state index in [2.05, 4.69) is 10.2 Å². The van der Waals surface area contributed by atoms with Crippen molar-refractivity contribution in [1.82, 2.24) is 14.6 Å². The van der Waals surface area contributed by atoms with Gasteiger partial charge >= 0.3 is 0 Å². The molecule has 0 radical (unpaired) electrons. The Morgan fingerprint density at radius 1 is 1.19 bits per heavy atom. The maximum Gasteiger partial charge on any atom is 0.283 e. The van der Waals surface area contributed by atoms with Crippen molar-refractivity contribution in [2.24, 2.45) is 0 Å². The van der Waals surface area contributed by atoms with Gasteiger partial charge in [0.25, 0.3) is 5.69 Å². The molecule has 2 aromatic heterocycles. The van der Waals surface area contributed by atoms with E-state index in [1.807, 2.05) is 47.7 Å². The van der Waals surface area contributed by atoms with Crippen molar-refractivity contribution in [3.63, 3.8) is 0 Å². The summed E-state index contributed by atoms with van der Waals surface area (Å²) in [4.78, 5) is 11.2. The number of hydrogen-bond donors (Lipinski definition) is 0. The minimum absolute atomic E-state index is 0.0674. The summed E-state index contributed by atoms with van der Waals surface area (Å²) in [6.07, 6.45) is 0. The zero-order valence-electron chi connectivity index (χ0n) is 13.6. The first kappa shape index (κ1) is 16.1. The van der Waals surface area contributed by atoms with Gasteiger partial charge in [0.1, 0.15) is 0 Å². The highest BCUT2D eigenvalue weighted by molar-refractivity contribution is 7.99. The van der Waals surface area contributed by atoms with Gasteiger partial charge in [-0.1, -0.05) is 18.2 Å². The number of nitrogens with zero attached hydrogens (tertiary/aromatic N) is 5. The predicted molar refractivity (Wildman–Crippen MR) is 97.2 cm³/mol. The van der Waals surface area contributed by atoms with Crippen molar-refractivity contribution in [2.75, 3.05) is 0 Å². The Morgan fingerprint density at radius 2 is 2.00 bits per heavy atom. The van der Waals surface area contributed by atoms with Crippen molar-refractivity contribution in [1.29, 1.82) is 5.26 Å². The van der Waals surface area contributed by atoms with E-state index < -0.39 is 4.92 Å². The van der Waals surface area contributed by atoms with Crippen LogP contribution in [0.2, 0.25) is 0 Å². The zero-order chi connectivity index (χ0) is 18.3. The highest BCUT2D eigenvalue weighted by atomic mass is 32.2. The minimum Gasteiger partial charge on any atom is -0.270 e. The number of nitro benzene ring substituents is 1. The van der Waals surface area contributed by atoms with Crippen LogP contribution in [0.25, 0.3) is 16.6 Å². The van der Waals surface area contributed by atoms with Crippen LogP contribution < -0.4 is 0 Å². The molecule has 0 unspecified atom stereocenters. The van der Waals surface area contributed by atoms with Gasteiger partial charge in [-0.15, -0.1) is 10.2 Å². The normalized spacial score (nSPS) is 10.9. The van der Waals surface area contributed by atoms with Crippen molar-refractivity contribution in [3.05, 3.63) is 69.8 Å². The first-order valence-corrected chi connectivity index (χ1v) is 8.50. The number of benzene rings is 2. The third kappa shape index (κ3) is 2.55. The van der Waals surface area contributed by atoms with E-state index in [1.165, 1.54) is 18.2 Å². The summed E-state index contributed by atoms with van der Waals surface area (Å²) in [5.74, 6) is 0. The monoisotopic (exact) mass is 361 g/mol. The molecule has 8 heteroatoms. The molecule has 7 nitrogen and oxygen atoms in total. The lowest BCUT2D eigenvalue weighted by Gasteiger charge is -2.07. The fourth-order valence-electron chi connectivity index (χ4n) is 2.86. The molecule has 0 saturated carbocycles. The van der Waals surface area contributed by atoms with Crippen LogP contribution >= 0.6 is 11.8 Å². The molecule has 4 rings (SSSR count). The molecule has 4 aromatic rings. The Balaban J connectivity index is 1.93. The quantitative estimate of drug-likeness (QED) is 0.402. The van der Waals surface area contributed by atoms with Gasteiger partial charge in [0, 0.05) is 11.5 Å². The number of rotatable bonds is 3.